The van der Waals surface area contributed by atoms with E-state index in [9.17, 15) is 4.79 Å². The average molecular weight is 210 g/mol. The number of fused-ring (bicyclic) bond motifs is 2. The van der Waals surface area contributed by atoms with Crippen LogP contribution in [0.2, 0.25) is 0 Å². The van der Waals surface area contributed by atoms with Crippen LogP contribution in [-0.4, -0.2) is 12.1 Å². The van der Waals surface area contributed by atoms with Crippen molar-refractivity contribution < 1.29 is 9.53 Å². The highest BCUT2D eigenvalue weighted by molar-refractivity contribution is 5.38. The number of hydrogen-bond acceptors (Lipinski definition) is 2. The molecule has 4 unspecified atom stereocenters. The van der Waals surface area contributed by atoms with Crippen molar-refractivity contribution in [1.82, 2.24) is 0 Å². The Morgan fingerprint density at radius 1 is 1.40 bits per heavy atom. The molecule has 0 heterocycles. The number of hydrogen-bond donors (Lipinski definition) is 0. The molecule has 15 heavy (non-hydrogen) atoms. The fourth-order valence-electron chi connectivity index (χ4n) is 3.59. The second kappa shape index (κ2) is 4.15. The molecule has 2 rings (SSSR count). The molecule has 0 spiro atoms. The third kappa shape index (κ3) is 2.04. The highest BCUT2D eigenvalue weighted by atomic mass is 16.5. The van der Waals surface area contributed by atoms with Crippen molar-refractivity contribution in [3.05, 3.63) is 0 Å². The highest BCUT2D eigenvalue weighted by Crippen LogP contribution is 2.49. The van der Waals surface area contributed by atoms with Gasteiger partial charge >= 0.3 is 0 Å². The van der Waals surface area contributed by atoms with Crippen LogP contribution in [0.15, 0.2) is 0 Å². The topological polar surface area (TPSA) is 26.3 Å². The van der Waals surface area contributed by atoms with E-state index in [4.69, 9.17) is 4.74 Å². The van der Waals surface area contributed by atoms with E-state index in [-0.39, 0.29) is 5.60 Å². The fraction of sp³-hybridized carbons (Fsp3) is 0.923. The molecule has 0 amide bonds. The molecule has 2 aliphatic rings. The van der Waals surface area contributed by atoms with Gasteiger partial charge in [0.15, 0.2) is 0 Å². The minimum Gasteiger partial charge on any atom is -0.461 e. The third-order valence-electron chi connectivity index (χ3n) is 4.71. The summed E-state index contributed by atoms with van der Waals surface area (Å²) in [4.78, 5) is 10.6. The predicted molar refractivity (Wildman–Crippen MR) is 59.4 cm³/mol. The van der Waals surface area contributed by atoms with Crippen molar-refractivity contribution in [2.75, 3.05) is 0 Å². The van der Waals surface area contributed by atoms with Gasteiger partial charge in [-0.3, -0.25) is 4.79 Å². The van der Waals surface area contributed by atoms with Crippen LogP contribution in [0.5, 0.6) is 0 Å². The molecule has 0 aromatic heterocycles. The molecule has 0 radical (unpaired) electrons. The maximum absolute atomic E-state index is 10.6. The molecular weight excluding hydrogens is 188 g/mol. The van der Waals surface area contributed by atoms with Crippen LogP contribution in [0.1, 0.15) is 52.4 Å². The molecule has 0 aromatic rings. The Balaban J connectivity index is 2.08. The highest BCUT2D eigenvalue weighted by Gasteiger charge is 2.45. The molecule has 0 aliphatic heterocycles. The standard InChI is InChI=1S/C13H22O2/c1-3-10-6-11-4-5-13(2,15-9-14)12(7-10)8-11/h9-12H,3-8H2,1-2H3. The van der Waals surface area contributed by atoms with Crippen LogP contribution in [-0.2, 0) is 9.53 Å². The molecule has 2 fully saturated rings. The first-order valence-corrected chi connectivity index (χ1v) is 6.29. The maximum Gasteiger partial charge on any atom is 0.293 e. The molecule has 0 saturated heterocycles. The van der Waals surface area contributed by atoms with E-state index in [1.165, 1.54) is 32.1 Å². The van der Waals surface area contributed by atoms with Crippen molar-refractivity contribution in [2.45, 2.75) is 58.0 Å². The quantitative estimate of drug-likeness (QED) is 0.669. The average Bonchev–Trinajstić information content (AvgIpc) is 2.25. The van der Waals surface area contributed by atoms with Gasteiger partial charge in [-0.1, -0.05) is 13.3 Å². The monoisotopic (exact) mass is 210 g/mol. The zero-order chi connectivity index (χ0) is 10.9. The molecular formula is C13H22O2. The van der Waals surface area contributed by atoms with Crippen LogP contribution >= 0.6 is 0 Å². The maximum atomic E-state index is 10.6. The van der Waals surface area contributed by atoms with Gasteiger partial charge in [-0.2, -0.15) is 0 Å². The number of carbonyl (C=O) groups is 1. The Kier molecular flexibility index (Phi) is 3.03. The van der Waals surface area contributed by atoms with Crippen molar-refractivity contribution >= 4 is 6.47 Å². The van der Waals surface area contributed by atoms with E-state index in [1.54, 1.807) is 0 Å². The molecule has 2 bridgehead atoms. The van der Waals surface area contributed by atoms with E-state index >= 15 is 0 Å². The van der Waals surface area contributed by atoms with Gasteiger partial charge in [0.25, 0.3) is 6.47 Å². The summed E-state index contributed by atoms with van der Waals surface area (Å²) in [7, 11) is 0. The van der Waals surface area contributed by atoms with Crippen molar-refractivity contribution in [1.29, 1.82) is 0 Å². The molecule has 4 atom stereocenters. The molecule has 2 saturated carbocycles. The van der Waals surface area contributed by atoms with Crippen LogP contribution in [0.4, 0.5) is 0 Å². The molecule has 0 N–H and O–H groups in total. The Labute approximate surface area is 92.4 Å². The Hall–Kier alpha value is -0.530. The summed E-state index contributed by atoms with van der Waals surface area (Å²) in [5.41, 5.74) is -0.161. The SMILES string of the molecule is CCC1CC2CCC(C)(OC=O)C(C1)C2. The summed E-state index contributed by atoms with van der Waals surface area (Å²) in [6.45, 7) is 5.06. The summed E-state index contributed by atoms with van der Waals surface area (Å²) in [6, 6.07) is 0. The van der Waals surface area contributed by atoms with Crippen LogP contribution in [0.3, 0.4) is 0 Å². The lowest BCUT2D eigenvalue weighted by Crippen LogP contribution is -2.46. The third-order valence-corrected chi connectivity index (χ3v) is 4.71. The summed E-state index contributed by atoms with van der Waals surface area (Å²) >= 11 is 0. The van der Waals surface area contributed by atoms with E-state index in [0.717, 1.165) is 18.3 Å². The Morgan fingerprint density at radius 2 is 2.20 bits per heavy atom. The number of carbonyl (C=O) groups excluding carboxylic acids is 1. The minimum absolute atomic E-state index is 0.161. The lowest BCUT2D eigenvalue weighted by molar-refractivity contribution is -0.158. The summed E-state index contributed by atoms with van der Waals surface area (Å²) in [5.74, 6) is 2.38. The van der Waals surface area contributed by atoms with E-state index < -0.39 is 0 Å². The lowest BCUT2D eigenvalue weighted by atomic mass is 9.61. The predicted octanol–water partition coefficient (Wildman–Crippen LogP) is 3.15. The van der Waals surface area contributed by atoms with Gasteiger partial charge in [0.05, 0.1) is 0 Å². The van der Waals surface area contributed by atoms with E-state index in [2.05, 4.69) is 13.8 Å². The largest absolute Gasteiger partial charge is 0.461 e. The molecule has 0 aromatic carbocycles. The van der Waals surface area contributed by atoms with Gasteiger partial charge in [0, 0.05) is 0 Å². The van der Waals surface area contributed by atoms with Gasteiger partial charge in [0.1, 0.15) is 5.60 Å². The Bertz CT molecular complexity index is 239. The summed E-state index contributed by atoms with van der Waals surface area (Å²) in [5, 5.41) is 0. The van der Waals surface area contributed by atoms with Gasteiger partial charge in [0.2, 0.25) is 0 Å². The van der Waals surface area contributed by atoms with Gasteiger partial charge < -0.3 is 4.74 Å². The van der Waals surface area contributed by atoms with Crippen LogP contribution < -0.4 is 0 Å². The zero-order valence-electron chi connectivity index (χ0n) is 9.87. The first kappa shape index (κ1) is 11.0. The smallest absolute Gasteiger partial charge is 0.293 e. The van der Waals surface area contributed by atoms with Crippen molar-refractivity contribution in [2.24, 2.45) is 17.8 Å². The fourth-order valence-corrected chi connectivity index (χ4v) is 3.59. The number of ether oxygens (including phenoxy) is 1. The normalized spacial score (nSPS) is 44.8. The zero-order valence-corrected chi connectivity index (χ0v) is 9.87. The molecule has 2 aliphatic carbocycles. The lowest BCUT2D eigenvalue weighted by Gasteiger charge is -2.48. The second-order valence-electron chi connectivity index (χ2n) is 5.61. The minimum atomic E-state index is -0.161. The van der Waals surface area contributed by atoms with Crippen molar-refractivity contribution in [3.8, 4) is 0 Å². The van der Waals surface area contributed by atoms with E-state index in [1.807, 2.05) is 0 Å². The van der Waals surface area contributed by atoms with Gasteiger partial charge in [-0.25, -0.2) is 0 Å². The van der Waals surface area contributed by atoms with Gasteiger partial charge in [-0.15, -0.1) is 0 Å². The molecule has 86 valence electrons. The molecule has 2 nitrogen and oxygen atoms in total. The number of rotatable bonds is 3. The summed E-state index contributed by atoms with van der Waals surface area (Å²) < 4.78 is 5.37. The van der Waals surface area contributed by atoms with Crippen LogP contribution in [0, 0.1) is 17.8 Å². The first-order chi connectivity index (χ1) is 7.18. The molecule has 2 heteroatoms. The van der Waals surface area contributed by atoms with Gasteiger partial charge in [-0.05, 0) is 56.8 Å². The first-order valence-electron chi connectivity index (χ1n) is 6.29. The Morgan fingerprint density at radius 3 is 2.87 bits per heavy atom. The summed E-state index contributed by atoms with van der Waals surface area (Å²) in [6.07, 6.45) is 7.54. The van der Waals surface area contributed by atoms with Crippen LogP contribution in [0.25, 0.3) is 0 Å². The van der Waals surface area contributed by atoms with Crippen molar-refractivity contribution in [3.63, 3.8) is 0 Å². The second-order valence-corrected chi connectivity index (χ2v) is 5.61. The van der Waals surface area contributed by atoms with E-state index in [0.29, 0.717) is 12.4 Å².